The van der Waals surface area contributed by atoms with Crippen LogP contribution in [0.3, 0.4) is 0 Å². The molecule has 0 saturated carbocycles. The second-order valence-corrected chi connectivity index (χ2v) is 10.6. The molecule has 0 spiro atoms. The van der Waals surface area contributed by atoms with Crippen molar-refractivity contribution in [1.29, 1.82) is 0 Å². The van der Waals surface area contributed by atoms with Crippen LogP contribution in [-0.4, -0.2) is 68.8 Å². The van der Waals surface area contributed by atoms with Crippen LogP contribution < -0.4 is 4.74 Å². The van der Waals surface area contributed by atoms with Crippen molar-refractivity contribution in [2.75, 3.05) is 32.8 Å². The zero-order valence-electron chi connectivity index (χ0n) is 22.8. The minimum Gasteiger partial charge on any atom is -0.503 e. The van der Waals surface area contributed by atoms with Crippen LogP contribution in [0.5, 0.6) is 5.75 Å². The van der Waals surface area contributed by atoms with Gasteiger partial charge in [-0.05, 0) is 69.7 Å². The van der Waals surface area contributed by atoms with Gasteiger partial charge in [-0.15, -0.1) is 0 Å². The number of thiazole rings is 1. The first-order valence-corrected chi connectivity index (χ1v) is 14.3. The van der Waals surface area contributed by atoms with Gasteiger partial charge in [-0.25, -0.2) is 4.98 Å². The average Bonchev–Trinajstić information content (AvgIpc) is 3.55. The summed E-state index contributed by atoms with van der Waals surface area (Å²) >= 11 is 1.28. The second-order valence-electron chi connectivity index (χ2n) is 9.61. The molecular formula is C30H34N4O4S. The number of benzene rings is 2. The summed E-state index contributed by atoms with van der Waals surface area (Å²) in [5.74, 6) is -0.698. The number of nitrogens with zero attached hydrogens (tertiary/aromatic N) is 4. The molecule has 4 aromatic rings. The fraction of sp³-hybridized carbons (Fsp3) is 0.367. The molecule has 0 saturated heterocycles. The Morgan fingerprint density at radius 2 is 1.90 bits per heavy atom. The molecule has 2 aromatic heterocycles. The minimum atomic E-state index is -0.715. The van der Waals surface area contributed by atoms with Gasteiger partial charge in [0.05, 0.1) is 34.1 Å². The van der Waals surface area contributed by atoms with Crippen LogP contribution in [-0.2, 0) is 4.79 Å². The van der Waals surface area contributed by atoms with Gasteiger partial charge in [-0.3, -0.25) is 14.0 Å². The fourth-order valence-electron chi connectivity index (χ4n) is 5.40. The molecule has 0 fully saturated rings. The maximum atomic E-state index is 14.2. The summed E-state index contributed by atoms with van der Waals surface area (Å²) in [5, 5.41) is 11.2. The van der Waals surface area contributed by atoms with Gasteiger partial charge in [0.2, 0.25) is 5.78 Å². The van der Waals surface area contributed by atoms with E-state index in [1.54, 1.807) is 4.90 Å². The molecule has 0 aliphatic carbocycles. The standard InChI is InChI=1S/C30H34N4O4S/c1-5-32(6-2)16-11-17-33-25(20-12-10-13-21(18-20)38-7-3)24(27(36)29(33)37)26(35)28-19(4)34-23-15-9-8-14-22(23)31-30(34)39-28/h8-10,12-15,18,25,36H,5-7,11,16-17H2,1-4H3. The van der Waals surface area contributed by atoms with E-state index >= 15 is 0 Å². The van der Waals surface area contributed by atoms with Gasteiger partial charge in [0, 0.05) is 12.2 Å². The van der Waals surface area contributed by atoms with Crippen LogP contribution in [0.15, 0.2) is 59.9 Å². The maximum absolute atomic E-state index is 14.2. The van der Waals surface area contributed by atoms with Gasteiger partial charge < -0.3 is 19.6 Å². The number of hydrogen-bond acceptors (Lipinski definition) is 7. The quantitative estimate of drug-likeness (QED) is 0.248. The van der Waals surface area contributed by atoms with Crippen molar-refractivity contribution in [3.63, 3.8) is 0 Å². The maximum Gasteiger partial charge on any atom is 0.290 e. The zero-order valence-corrected chi connectivity index (χ0v) is 23.6. The summed E-state index contributed by atoms with van der Waals surface area (Å²) < 4.78 is 7.69. The molecule has 0 bridgehead atoms. The molecule has 39 heavy (non-hydrogen) atoms. The lowest BCUT2D eigenvalue weighted by Crippen LogP contribution is -2.34. The van der Waals surface area contributed by atoms with E-state index in [9.17, 15) is 14.7 Å². The third kappa shape index (κ3) is 4.81. The molecular weight excluding hydrogens is 512 g/mol. The van der Waals surface area contributed by atoms with Crippen LogP contribution in [0.4, 0.5) is 0 Å². The number of aryl methyl sites for hydroxylation is 1. The highest BCUT2D eigenvalue weighted by atomic mass is 32.1. The van der Waals surface area contributed by atoms with Crippen molar-refractivity contribution < 1.29 is 19.4 Å². The predicted octanol–water partition coefficient (Wildman–Crippen LogP) is 5.57. The number of aliphatic hydroxyl groups is 1. The summed E-state index contributed by atoms with van der Waals surface area (Å²) in [6.45, 7) is 11.6. The molecule has 0 radical (unpaired) electrons. The number of amides is 1. The fourth-order valence-corrected chi connectivity index (χ4v) is 6.50. The van der Waals surface area contributed by atoms with Gasteiger partial charge in [0.1, 0.15) is 5.75 Å². The third-order valence-electron chi connectivity index (χ3n) is 7.39. The first-order valence-electron chi connectivity index (χ1n) is 13.5. The summed E-state index contributed by atoms with van der Waals surface area (Å²) in [7, 11) is 0. The van der Waals surface area contributed by atoms with E-state index in [0.29, 0.717) is 28.7 Å². The van der Waals surface area contributed by atoms with Gasteiger partial charge in [-0.2, -0.15) is 0 Å². The number of carbonyl (C=O) groups excluding carboxylic acids is 2. The topological polar surface area (TPSA) is 87.4 Å². The molecule has 8 nitrogen and oxygen atoms in total. The lowest BCUT2D eigenvalue weighted by molar-refractivity contribution is -0.129. The van der Waals surface area contributed by atoms with E-state index in [2.05, 4.69) is 23.7 Å². The molecule has 1 unspecified atom stereocenters. The Hall–Kier alpha value is -3.69. The van der Waals surface area contributed by atoms with E-state index in [-0.39, 0.29) is 11.4 Å². The molecule has 2 aromatic carbocycles. The number of carbonyl (C=O) groups is 2. The number of aliphatic hydroxyl groups excluding tert-OH is 1. The molecule has 5 rings (SSSR count). The molecule has 1 amide bonds. The number of hydrogen-bond donors (Lipinski definition) is 1. The third-order valence-corrected chi connectivity index (χ3v) is 8.54. The van der Waals surface area contributed by atoms with Crippen LogP contribution in [0.2, 0.25) is 0 Å². The van der Waals surface area contributed by atoms with Crippen molar-refractivity contribution in [2.24, 2.45) is 0 Å². The largest absolute Gasteiger partial charge is 0.503 e. The van der Waals surface area contributed by atoms with Gasteiger partial charge in [0.15, 0.2) is 10.7 Å². The lowest BCUT2D eigenvalue weighted by atomic mass is 9.94. The first kappa shape index (κ1) is 26.9. The molecule has 1 aliphatic rings. The normalized spacial score (nSPS) is 15.9. The van der Waals surface area contributed by atoms with E-state index in [4.69, 9.17) is 4.74 Å². The van der Waals surface area contributed by atoms with E-state index in [1.807, 2.05) is 66.8 Å². The van der Waals surface area contributed by atoms with E-state index in [1.165, 1.54) is 11.3 Å². The molecule has 3 heterocycles. The van der Waals surface area contributed by atoms with Gasteiger partial charge >= 0.3 is 0 Å². The molecule has 1 atom stereocenters. The zero-order chi connectivity index (χ0) is 27.7. The number of para-hydroxylation sites is 2. The minimum absolute atomic E-state index is 0.105. The van der Waals surface area contributed by atoms with Crippen LogP contribution >= 0.6 is 11.3 Å². The van der Waals surface area contributed by atoms with Crippen LogP contribution in [0.25, 0.3) is 16.0 Å². The Bertz CT molecular complexity index is 1570. The van der Waals surface area contributed by atoms with Crippen LogP contribution in [0, 0.1) is 6.92 Å². The number of ketones is 1. The van der Waals surface area contributed by atoms with Crippen molar-refractivity contribution >= 4 is 39.0 Å². The molecule has 1 aliphatic heterocycles. The van der Waals surface area contributed by atoms with E-state index < -0.39 is 17.7 Å². The summed E-state index contributed by atoms with van der Waals surface area (Å²) in [4.78, 5) is 37.4. The summed E-state index contributed by atoms with van der Waals surface area (Å²) in [6.07, 6.45) is 0.724. The Labute approximate surface area is 232 Å². The SMILES string of the molecule is CCOc1cccc(C2C(C(=O)c3sc4nc5ccccc5n4c3C)=C(O)C(=O)N2CCCN(CC)CC)c1. The van der Waals surface area contributed by atoms with Gasteiger partial charge in [0.25, 0.3) is 5.91 Å². The number of imidazole rings is 1. The highest BCUT2D eigenvalue weighted by molar-refractivity contribution is 7.19. The first-order chi connectivity index (χ1) is 18.9. The van der Waals surface area contributed by atoms with Crippen LogP contribution in [0.1, 0.15) is 54.2 Å². The Balaban J connectivity index is 1.56. The monoisotopic (exact) mass is 546 g/mol. The number of ether oxygens (including phenoxy) is 1. The van der Waals surface area contributed by atoms with E-state index in [0.717, 1.165) is 48.3 Å². The van der Waals surface area contributed by atoms with Crippen molar-refractivity contribution in [3.05, 3.63) is 76.0 Å². The number of fused-ring (bicyclic) bond motifs is 3. The number of Topliss-reactive ketones (excluding diaryl/α,β-unsaturated/α-hetero) is 1. The second kappa shape index (κ2) is 11.2. The Kier molecular flexibility index (Phi) is 7.72. The van der Waals surface area contributed by atoms with Crippen molar-refractivity contribution in [3.8, 4) is 5.75 Å². The van der Waals surface area contributed by atoms with Crippen molar-refractivity contribution in [1.82, 2.24) is 19.2 Å². The Morgan fingerprint density at radius 3 is 2.64 bits per heavy atom. The molecule has 204 valence electrons. The molecule has 1 N–H and O–H groups in total. The highest BCUT2D eigenvalue weighted by Crippen LogP contribution is 2.41. The highest BCUT2D eigenvalue weighted by Gasteiger charge is 2.44. The average molecular weight is 547 g/mol. The van der Waals surface area contributed by atoms with Gasteiger partial charge in [-0.1, -0.05) is 49.4 Å². The lowest BCUT2D eigenvalue weighted by Gasteiger charge is -2.28. The number of aromatic nitrogens is 2. The molecule has 9 heteroatoms. The predicted molar refractivity (Wildman–Crippen MR) is 154 cm³/mol. The summed E-state index contributed by atoms with van der Waals surface area (Å²) in [6, 6.07) is 14.5. The summed E-state index contributed by atoms with van der Waals surface area (Å²) in [5.41, 5.74) is 3.35. The van der Waals surface area contributed by atoms with Crippen molar-refractivity contribution in [2.45, 2.75) is 40.2 Å². The smallest absolute Gasteiger partial charge is 0.290 e. The number of rotatable bonds is 11. The Morgan fingerprint density at radius 1 is 1.13 bits per heavy atom.